The van der Waals surface area contributed by atoms with Gasteiger partial charge in [0.25, 0.3) is 5.91 Å². The Morgan fingerprint density at radius 2 is 2.16 bits per heavy atom. The van der Waals surface area contributed by atoms with E-state index in [9.17, 15) is 9.59 Å². The van der Waals surface area contributed by atoms with Crippen LogP contribution in [0.5, 0.6) is 5.75 Å². The van der Waals surface area contributed by atoms with Crippen molar-refractivity contribution < 1.29 is 14.3 Å². The first-order chi connectivity index (χ1) is 12.0. The monoisotopic (exact) mass is 491 g/mol. The first-order valence-electron chi connectivity index (χ1n) is 7.14. The second kappa shape index (κ2) is 9.83. The molecular weight excluding hydrogens is 477 g/mol. The van der Waals surface area contributed by atoms with Crippen LogP contribution in [0.3, 0.4) is 0 Å². The molecule has 0 spiro atoms. The second-order valence-electron chi connectivity index (χ2n) is 4.76. The zero-order valence-electron chi connectivity index (χ0n) is 13.1. The van der Waals surface area contributed by atoms with E-state index in [1.165, 1.54) is 11.8 Å². The molecule has 2 rings (SSSR count). The molecule has 0 saturated heterocycles. The number of thioether (sulfide) groups is 1. The zero-order chi connectivity index (χ0) is 18.2. The van der Waals surface area contributed by atoms with Crippen molar-refractivity contribution in [3.63, 3.8) is 0 Å². The number of rotatable bonds is 7. The molecule has 132 valence electrons. The van der Waals surface area contributed by atoms with Crippen LogP contribution in [-0.2, 0) is 9.59 Å². The van der Waals surface area contributed by atoms with Crippen LogP contribution in [-0.4, -0.2) is 34.9 Å². The van der Waals surface area contributed by atoms with E-state index in [1.54, 1.807) is 24.4 Å². The Hall–Kier alpha value is -1.52. The van der Waals surface area contributed by atoms with Crippen LogP contribution in [0.15, 0.2) is 37.1 Å². The Balaban J connectivity index is 1.93. The molecule has 0 saturated carbocycles. The zero-order valence-corrected chi connectivity index (χ0v) is 16.8. The van der Waals surface area contributed by atoms with Gasteiger partial charge >= 0.3 is 0 Å². The summed E-state index contributed by atoms with van der Waals surface area (Å²) in [6, 6.07) is 5.35. The van der Waals surface area contributed by atoms with Gasteiger partial charge in [0.15, 0.2) is 12.4 Å². The van der Waals surface area contributed by atoms with Crippen molar-refractivity contribution in [2.75, 3.05) is 18.1 Å². The van der Waals surface area contributed by atoms with E-state index in [0.717, 1.165) is 8.96 Å². The number of fused-ring (bicyclic) bond motifs is 1. The lowest BCUT2D eigenvalue weighted by molar-refractivity contribution is -0.128. The molecule has 0 aliphatic carbocycles. The van der Waals surface area contributed by atoms with Gasteiger partial charge < -0.3 is 4.74 Å². The SMILES string of the molecule is C=CCSCC(=O)NNC(=O)COc1c(I)cc(Cl)c2cccnc12. The van der Waals surface area contributed by atoms with Gasteiger partial charge in [0.1, 0.15) is 5.52 Å². The maximum absolute atomic E-state index is 11.8. The fourth-order valence-corrected chi connectivity index (χ4v) is 3.58. The van der Waals surface area contributed by atoms with Crippen molar-refractivity contribution >= 4 is 68.7 Å². The average Bonchev–Trinajstić information content (AvgIpc) is 2.60. The highest BCUT2D eigenvalue weighted by molar-refractivity contribution is 14.1. The van der Waals surface area contributed by atoms with E-state index in [2.05, 4.69) is 45.0 Å². The number of benzene rings is 1. The molecule has 0 fully saturated rings. The van der Waals surface area contributed by atoms with Crippen LogP contribution in [0.2, 0.25) is 5.02 Å². The van der Waals surface area contributed by atoms with Crippen molar-refractivity contribution in [2.45, 2.75) is 0 Å². The molecule has 0 aliphatic heterocycles. The fraction of sp³-hybridized carbons (Fsp3) is 0.188. The first kappa shape index (κ1) is 19.8. The topological polar surface area (TPSA) is 80.3 Å². The molecule has 0 unspecified atom stereocenters. The molecule has 0 radical (unpaired) electrons. The molecule has 1 aromatic heterocycles. The number of aromatic nitrogens is 1. The highest BCUT2D eigenvalue weighted by Gasteiger charge is 2.14. The Labute approximate surface area is 167 Å². The van der Waals surface area contributed by atoms with E-state index in [1.807, 2.05) is 6.07 Å². The largest absolute Gasteiger partial charge is 0.480 e. The lowest BCUT2D eigenvalue weighted by Crippen LogP contribution is -2.44. The number of amides is 2. The second-order valence-corrected chi connectivity index (χ2v) is 7.36. The summed E-state index contributed by atoms with van der Waals surface area (Å²) in [7, 11) is 0. The van der Waals surface area contributed by atoms with Gasteiger partial charge in [-0.1, -0.05) is 17.7 Å². The summed E-state index contributed by atoms with van der Waals surface area (Å²) in [6.07, 6.45) is 3.33. The fourth-order valence-electron chi connectivity index (χ4n) is 1.87. The Kier molecular flexibility index (Phi) is 7.79. The van der Waals surface area contributed by atoms with Crippen molar-refractivity contribution in [1.29, 1.82) is 0 Å². The number of pyridine rings is 1. The van der Waals surface area contributed by atoms with E-state index >= 15 is 0 Å². The van der Waals surface area contributed by atoms with Crippen LogP contribution >= 0.6 is 46.0 Å². The summed E-state index contributed by atoms with van der Waals surface area (Å²) in [5.74, 6) is 0.602. The van der Waals surface area contributed by atoms with Crippen molar-refractivity contribution in [1.82, 2.24) is 15.8 Å². The molecule has 25 heavy (non-hydrogen) atoms. The average molecular weight is 492 g/mol. The molecule has 2 amide bonds. The third-order valence-electron chi connectivity index (χ3n) is 2.91. The van der Waals surface area contributed by atoms with Crippen molar-refractivity contribution in [3.8, 4) is 5.75 Å². The summed E-state index contributed by atoms with van der Waals surface area (Å²) in [6.45, 7) is 3.31. The summed E-state index contributed by atoms with van der Waals surface area (Å²) < 4.78 is 6.33. The molecule has 2 aromatic rings. The number of ether oxygens (including phenoxy) is 1. The first-order valence-corrected chi connectivity index (χ1v) is 9.76. The molecule has 9 heteroatoms. The van der Waals surface area contributed by atoms with E-state index < -0.39 is 5.91 Å². The number of hydrogen-bond acceptors (Lipinski definition) is 5. The van der Waals surface area contributed by atoms with E-state index in [-0.39, 0.29) is 18.3 Å². The normalized spacial score (nSPS) is 10.3. The standard InChI is InChI=1S/C16H15ClIN3O3S/c1-2-6-25-9-14(23)21-20-13(22)8-24-16-12(18)7-11(17)10-4-3-5-19-15(10)16/h2-5,7H,1,6,8-9H2,(H,20,22)(H,21,23). The highest BCUT2D eigenvalue weighted by Crippen LogP contribution is 2.34. The Bertz CT molecular complexity index is 804. The lowest BCUT2D eigenvalue weighted by atomic mass is 10.2. The molecular formula is C16H15ClIN3O3S. The number of hydrazine groups is 1. The van der Waals surface area contributed by atoms with Gasteiger partial charge in [-0.25, -0.2) is 0 Å². The molecule has 1 heterocycles. The molecule has 1 aromatic carbocycles. The number of hydrogen-bond donors (Lipinski definition) is 2. The number of nitrogens with zero attached hydrogens (tertiary/aromatic N) is 1. The highest BCUT2D eigenvalue weighted by atomic mass is 127. The predicted molar refractivity (Wildman–Crippen MR) is 109 cm³/mol. The minimum absolute atomic E-state index is 0.233. The Morgan fingerprint density at radius 1 is 1.40 bits per heavy atom. The Morgan fingerprint density at radius 3 is 2.92 bits per heavy atom. The molecule has 0 atom stereocenters. The number of halogens is 2. The van der Waals surface area contributed by atoms with Crippen LogP contribution < -0.4 is 15.6 Å². The third-order valence-corrected chi connectivity index (χ3v) is 4.96. The summed E-state index contributed by atoms with van der Waals surface area (Å²) in [5, 5.41) is 1.31. The smallest absolute Gasteiger partial charge is 0.276 e. The van der Waals surface area contributed by atoms with Crippen LogP contribution in [0.25, 0.3) is 10.9 Å². The van der Waals surface area contributed by atoms with Crippen molar-refractivity contribution in [2.24, 2.45) is 0 Å². The van der Waals surface area contributed by atoms with Crippen LogP contribution in [0.1, 0.15) is 0 Å². The molecule has 0 bridgehead atoms. The quantitative estimate of drug-likeness (QED) is 0.269. The van der Waals surface area contributed by atoms with Crippen LogP contribution in [0, 0.1) is 3.57 Å². The summed E-state index contributed by atoms with van der Waals surface area (Å²) in [5.41, 5.74) is 5.21. The maximum atomic E-state index is 11.8. The summed E-state index contributed by atoms with van der Waals surface area (Å²) in [4.78, 5) is 27.6. The van der Waals surface area contributed by atoms with Gasteiger partial charge in [-0.05, 0) is 40.8 Å². The van der Waals surface area contributed by atoms with Crippen molar-refractivity contribution in [3.05, 3.63) is 45.6 Å². The number of nitrogens with one attached hydrogen (secondary N) is 2. The minimum Gasteiger partial charge on any atom is -0.480 e. The molecule has 2 N–H and O–H groups in total. The third kappa shape index (κ3) is 5.75. The summed E-state index contributed by atoms with van der Waals surface area (Å²) >= 11 is 9.66. The van der Waals surface area contributed by atoms with Gasteiger partial charge in [-0.2, -0.15) is 0 Å². The molecule has 6 nitrogen and oxygen atoms in total. The van der Waals surface area contributed by atoms with Gasteiger partial charge in [0, 0.05) is 17.3 Å². The predicted octanol–water partition coefficient (Wildman–Crippen LogP) is 2.94. The molecule has 0 aliphatic rings. The van der Waals surface area contributed by atoms with Crippen LogP contribution in [0.4, 0.5) is 0 Å². The number of carbonyl (C=O) groups is 2. The van der Waals surface area contributed by atoms with Gasteiger partial charge in [0.05, 0.1) is 14.3 Å². The van der Waals surface area contributed by atoms with Gasteiger partial charge in [-0.15, -0.1) is 18.3 Å². The minimum atomic E-state index is -0.475. The van der Waals surface area contributed by atoms with E-state index in [4.69, 9.17) is 16.3 Å². The van der Waals surface area contributed by atoms with Gasteiger partial charge in [0.2, 0.25) is 5.91 Å². The lowest BCUT2D eigenvalue weighted by Gasteiger charge is -2.12. The maximum Gasteiger partial charge on any atom is 0.276 e. The van der Waals surface area contributed by atoms with E-state index in [0.29, 0.717) is 22.0 Å². The van der Waals surface area contributed by atoms with Gasteiger partial charge in [-0.3, -0.25) is 25.4 Å². The number of carbonyl (C=O) groups excluding carboxylic acids is 2.